The molecule has 29 heavy (non-hydrogen) atoms. The van der Waals surface area contributed by atoms with E-state index in [9.17, 15) is 4.79 Å². The summed E-state index contributed by atoms with van der Waals surface area (Å²) < 4.78 is 12.7. The predicted octanol–water partition coefficient (Wildman–Crippen LogP) is 4.29. The molecule has 0 amide bonds. The number of ether oxygens (including phenoxy) is 2. The number of carbonyl (C=O) groups excluding carboxylic acids is 1. The smallest absolute Gasteiger partial charge is 0.316 e. The van der Waals surface area contributed by atoms with Gasteiger partial charge in [0.2, 0.25) is 0 Å². The Morgan fingerprint density at radius 1 is 1.10 bits per heavy atom. The maximum absolute atomic E-state index is 11.6. The summed E-state index contributed by atoms with van der Waals surface area (Å²) in [6.07, 6.45) is 0.990. The third-order valence-corrected chi connectivity index (χ3v) is 5.57. The second-order valence-electron chi connectivity index (χ2n) is 6.51. The molecule has 3 rings (SSSR count). The van der Waals surface area contributed by atoms with Gasteiger partial charge in [0.05, 0.1) is 18.9 Å². The molecule has 0 unspecified atom stereocenters. The average Bonchev–Trinajstić information content (AvgIpc) is 3.19. The Morgan fingerprint density at radius 2 is 1.83 bits per heavy atom. The Labute approximate surface area is 175 Å². The number of benzene rings is 2. The number of nitrogens with zero attached hydrogens (tertiary/aromatic N) is 3. The number of aromatic nitrogens is 3. The summed E-state index contributed by atoms with van der Waals surface area (Å²) >= 11 is 1.31. The fourth-order valence-corrected chi connectivity index (χ4v) is 3.79. The van der Waals surface area contributed by atoms with E-state index in [2.05, 4.69) is 48.3 Å². The van der Waals surface area contributed by atoms with Crippen LogP contribution in [0.25, 0.3) is 0 Å². The molecule has 3 aromatic rings. The molecule has 2 aromatic carbocycles. The van der Waals surface area contributed by atoms with Crippen molar-refractivity contribution in [2.45, 2.75) is 38.1 Å². The molecule has 1 atom stereocenters. The molecule has 1 heterocycles. The van der Waals surface area contributed by atoms with Crippen LogP contribution in [0.2, 0.25) is 0 Å². The second kappa shape index (κ2) is 10.1. The van der Waals surface area contributed by atoms with Crippen LogP contribution in [-0.2, 0) is 22.6 Å². The summed E-state index contributed by atoms with van der Waals surface area (Å²) in [5, 5.41) is 9.29. The van der Waals surface area contributed by atoms with Crippen LogP contribution in [0, 0.1) is 0 Å². The van der Waals surface area contributed by atoms with Gasteiger partial charge in [-0.3, -0.25) is 9.36 Å². The van der Waals surface area contributed by atoms with E-state index in [1.807, 2.05) is 34.9 Å². The third kappa shape index (κ3) is 5.38. The summed E-state index contributed by atoms with van der Waals surface area (Å²) in [5.74, 6) is 1.36. The lowest BCUT2D eigenvalue weighted by Gasteiger charge is -2.18. The number of rotatable bonds is 9. The molecule has 6 nitrogen and oxygen atoms in total. The minimum Gasteiger partial charge on any atom is -0.486 e. The summed E-state index contributed by atoms with van der Waals surface area (Å²) in [7, 11) is 1.38. The van der Waals surface area contributed by atoms with Gasteiger partial charge in [-0.1, -0.05) is 61.2 Å². The van der Waals surface area contributed by atoms with Crippen molar-refractivity contribution in [3.63, 3.8) is 0 Å². The fraction of sp³-hybridized carbons (Fsp3) is 0.318. The van der Waals surface area contributed by atoms with Crippen LogP contribution in [-0.4, -0.2) is 33.6 Å². The van der Waals surface area contributed by atoms with Crippen molar-refractivity contribution in [1.29, 1.82) is 0 Å². The van der Waals surface area contributed by atoms with Gasteiger partial charge in [-0.2, -0.15) is 0 Å². The van der Waals surface area contributed by atoms with Crippen molar-refractivity contribution in [1.82, 2.24) is 14.8 Å². The highest BCUT2D eigenvalue weighted by Gasteiger charge is 2.20. The summed E-state index contributed by atoms with van der Waals surface area (Å²) in [5.41, 5.74) is 2.39. The highest BCUT2D eigenvalue weighted by molar-refractivity contribution is 7.99. The highest BCUT2D eigenvalue weighted by Crippen LogP contribution is 2.27. The van der Waals surface area contributed by atoms with Crippen LogP contribution in [0.5, 0.6) is 5.75 Å². The molecular formula is C22H25N3O3S. The van der Waals surface area contributed by atoms with Crippen LogP contribution in [0.1, 0.15) is 36.8 Å². The normalized spacial score (nSPS) is 11.8. The van der Waals surface area contributed by atoms with E-state index in [1.54, 1.807) is 0 Å². The largest absolute Gasteiger partial charge is 0.486 e. The number of carbonyl (C=O) groups is 1. The molecule has 0 aliphatic heterocycles. The molecule has 0 radical (unpaired) electrons. The Bertz CT molecular complexity index is 926. The Kier molecular flexibility index (Phi) is 7.30. The molecule has 7 heteroatoms. The van der Waals surface area contributed by atoms with E-state index >= 15 is 0 Å². The number of hydrogen-bond donors (Lipinski definition) is 0. The Hall–Kier alpha value is -2.80. The van der Waals surface area contributed by atoms with Gasteiger partial charge in [-0.05, 0) is 36.6 Å². The van der Waals surface area contributed by atoms with E-state index < -0.39 is 0 Å². The molecule has 152 valence electrons. The van der Waals surface area contributed by atoms with Crippen molar-refractivity contribution in [2.75, 3.05) is 12.9 Å². The Morgan fingerprint density at radius 3 is 2.48 bits per heavy atom. The first kappa shape index (κ1) is 20.9. The molecule has 0 spiro atoms. The number of aryl methyl sites for hydroxylation is 1. The van der Waals surface area contributed by atoms with Crippen molar-refractivity contribution < 1.29 is 14.3 Å². The van der Waals surface area contributed by atoms with Crippen LogP contribution in [0.3, 0.4) is 0 Å². The Balaban J connectivity index is 1.82. The van der Waals surface area contributed by atoms with Crippen molar-refractivity contribution in [3.8, 4) is 5.75 Å². The van der Waals surface area contributed by atoms with E-state index in [0.717, 1.165) is 17.7 Å². The third-order valence-electron chi connectivity index (χ3n) is 4.65. The van der Waals surface area contributed by atoms with Gasteiger partial charge in [0, 0.05) is 0 Å². The minimum atomic E-state index is -0.300. The molecule has 0 aliphatic rings. The minimum absolute atomic E-state index is 0.00702. The van der Waals surface area contributed by atoms with E-state index in [0.29, 0.717) is 11.0 Å². The lowest BCUT2D eigenvalue weighted by atomic mass is 10.1. The molecule has 0 N–H and O–H groups in total. The number of hydrogen-bond acceptors (Lipinski definition) is 6. The quantitative estimate of drug-likeness (QED) is 0.386. The molecule has 0 aliphatic carbocycles. The van der Waals surface area contributed by atoms with Gasteiger partial charge in [0.25, 0.3) is 0 Å². The fourth-order valence-electron chi connectivity index (χ4n) is 2.93. The van der Waals surface area contributed by atoms with Crippen molar-refractivity contribution in [2.24, 2.45) is 0 Å². The molecule has 0 fully saturated rings. The van der Waals surface area contributed by atoms with E-state index in [4.69, 9.17) is 9.47 Å². The summed E-state index contributed by atoms with van der Waals surface area (Å²) in [6.45, 7) is 4.49. The maximum atomic E-state index is 11.6. The van der Waals surface area contributed by atoms with Crippen molar-refractivity contribution in [3.05, 3.63) is 71.5 Å². The lowest BCUT2D eigenvalue weighted by molar-refractivity contribution is -0.137. The average molecular weight is 412 g/mol. The van der Waals surface area contributed by atoms with Crippen LogP contribution in [0.4, 0.5) is 0 Å². The van der Waals surface area contributed by atoms with Gasteiger partial charge in [-0.15, -0.1) is 10.2 Å². The SMILES string of the molecule is CCc1ccc(OCc2nnc(SCC(=O)OC)n2[C@H](C)c2ccccc2)cc1. The summed E-state index contributed by atoms with van der Waals surface area (Å²) in [4.78, 5) is 11.6. The summed E-state index contributed by atoms with van der Waals surface area (Å²) in [6, 6.07) is 18.2. The first-order chi connectivity index (χ1) is 14.1. The van der Waals surface area contributed by atoms with Gasteiger partial charge < -0.3 is 9.47 Å². The lowest BCUT2D eigenvalue weighted by Crippen LogP contribution is -2.14. The zero-order valence-electron chi connectivity index (χ0n) is 16.9. The predicted molar refractivity (Wildman–Crippen MR) is 113 cm³/mol. The van der Waals surface area contributed by atoms with Gasteiger partial charge in [0.15, 0.2) is 11.0 Å². The molecule has 1 aromatic heterocycles. The van der Waals surface area contributed by atoms with Gasteiger partial charge in [0.1, 0.15) is 12.4 Å². The van der Waals surface area contributed by atoms with Crippen LogP contribution >= 0.6 is 11.8 Å². The van der Waals surface area contributed by atoms with E-state index in [1.165, 1.54) is 24.4 Å². The number of thioether (sulfide) groups is 1. The molecule has 0 saturated carbocycles. The molecule has 0 bridgehead atoms. The maximum Gasteiger partial charge on any atom is 0.316 e. The zero-order chi connectivity index (χ0) is 20.6. The van der Waals surface area contributed by atoms with Gasteiger partial charge in [-0.25, -0.2) is 0 Å². The van der Waals surface area contributed by atoms with E-state index in [-0.39, 0.29) is 24.4 Å². The monoisotopic (exact) mass is 411 g/mol. The van der Waals surface area contributed by atoms with Crippen LogP contribution in [0.15, 0.2) is 59.8 Å². The second-order valence-corrected chi connectivity index (χ2v) is 7.45. The van der Waals surface area contributed by atoms with Gasteiger partial charge >= 0.3 is 5.97 Å². The first-order valence-electron chi connectivity index (χ1n) is 9.52. The number of esters is 1. The molecular weight excluding hydrogens is 386 g/mol. The highest BCUT2D eigenvalue weighted by atomic mass is 32.2. The van der Waals surface area contributed by atoms with Crippen molar-refractivity contribution >= 4 is 17.7 Å². The zero-order valence-corrected chi connectivity index (χ0v) is 17.7. The standard InChI is InChI=1S/C22H25N3O3S/c1-4-17-10-12-19(13-11-17)28-14-20-23-24-22(29-15-21(26)27-3)25(20)16(2)18-8-6-5-7-9-18/h5-13,16H,4,14-15H2,1-3H3/t16-/m1/s1. The number of methoxy groups -OCH3 is 1. The topological polar surface area (TPSA) is 66.2 Å². The van der Waals surface area contributed by atoms with Crippen LogP contribution < -0.4 is 4.74 Å². The first-order valence-corrected chi connectivity index (χ1v) is 10.5. The molecule has 0 saturated heterocycles.